The van der Waals surface area contributed by atoms with E-state index in [0.29, 0.717) is 17.1 Å². The molecule has 0 fully saturated rings. The van der Waals surface area contributed by atoms with Crippen molar-refractivity contribution in [3.05, 3.63) is 60.3 Å². The number of nitrogens with zero attached hydrogens (tertiary/aromatic N) is 1. The van der Waals surface area contributed by atoms with Gasteiger partial charge in [0.2, 0.25) is 0 Å². The largest absolute Gasteiger partial charge is 0.497 e. The fourth-order valence-electron chi connectivity index (χ4n) is 2.66. The molecular weight excluding hydrogens is 398 g/mol. The second-order valence-electron chi connectivity index (χ2n) is 6.06. The third kappa shape index (κ3) is 4.55. The van der Waals surface area contributed by atoms with Crippen molar-refractivity contribution >= 4 is 33.2 Å². The summed E-state index contributed by atoms with van der Waals surface area (Å²) >= 11 is 0. The lowest BCUT2D eigenvalue weighted by Gasteiger charge is -2.13. The van der Waals surface area contributed by atoms with Gasteiger partial charge in [0, 0.05) is 17.5 Å². The van der Waals surface area contributed by atoms with Gasteiger partial charge in [-0.15, -0.1) is 0 Å². The number of imide groups is 1. The van der Waals surface area contributed by atoms with Crippen LogP contribution in [0, 0.1) is 0 Å². The summed E-state index contributed by atoms with van der Waals surface area (Å²) in [5.41, 5.74) is 0.874. The minimum absolute atomic E-state index is 0.0311. The zero-order valence-corrected chi connectivity index (χ0v) is 16.3. The van der Waals surface area contributed by atoms with Crippen LogP contribution in [0.1, 0.15) is 0 Å². The van der Waals surface area contributed by atoms with Gasteiger partial charge in [0.15, 0.2) is 0 Å². The molecule has 0 bridgehead atoms. The number of aliphatic hydroxyl groups is 1. The molecule has 1 heterocycles. The van der Waals surface area contributed by atoms with Crippen LogP contribution in [-0.2, 0) is 19.6 Å². The first-order valence-electron chi connectivity index (χ1n) is 8.56. The van der Waals surface area contributed by atoms with Crippen molar-refractivity contribution in [3.8, 4) is 5.75 Å². The van der Waals surface area contributed by atoms with Crippen LogP contribution in [0.2, 0.25) is 0 Å². The molecule has 10 heteroatoms. The van der Waals surface area contributed by atoms with Gasteiger partial charge in [-0.3, -0.25) is 19.2 Å². The molecule has 2 aromatic carbocycles. The van der Waals surface area contributed by atoms with E-state index in [4.69, 9.17) is 9.84 Å². The Morgan fingerprint density at radius 1 is 1.00 bits per heavy atom. The van der Waals surface area contributed by atoms with E-state index in [1.54, 1.807) is 24.3 Å². The van der Waals surface area contributed by atoms with Crippen molar-refractivity contribution in [1.29, 1.82) is 0 Å². The van der Waals surface area contributed by atoms with Crippen LogP contribution in [0.3, 0.4) is 0 Å². The lowest BCUT2D eigenvalue weighted by atomic mass is 10.3. The molecule has 29 heavy (non-hydrogen) atoms. The lowest BCUT2D eigenvalue weighted by molar-refractivity contribution is -0.137. The summed E-state index contributed by atoms with van der Waals surface area (Å²) in [4.78, 5) is 24.8. The Kier molecular flexibility index (Phi) is 5.85. The minimum atomic E-state index is -3.80. The molecule has 152 valence electrons. The summed E-state index contributed by atoms with van der Waals surface area (Å²) in [6.07, 6.45) is 1.13. The van der Waals surface area contributed by atoms with Crippen LogP contribution in [0.4, 0.5) is 11.4 Å². The number of rotatable bonds is 8. The van der Waals surface area contributed by atoms with Crippen LogP contribution in [0.5, 0.6) is 5.75 Å². The predicted octanol–water partition coefficient (Wildman–Crippen LogP) is 1.15. The zero-order valence-electron chi connectivity index (χ0n) is 15.5. The Morgan fingerprint density at radius 3 is 2.21 bits per heavy atom. The number of hydrogen-bond acceptors (Lipinski definition) is 7. The first-order chi connectivity index (χ1) is 13.8. The van der Waals surface area contributed by atoms with Crippen LogP contribution >= 0.6 is 0 Å². The topological polar surface area (TPSA) is 125 Å². The number of hydrogen-bond donors (Lipinski definition) is 3. The number of sulfonamides is 1. The maximum atomic E-state index is 12.5. The van der Waals surface area contributed by atoms with E-state index < -0.39 is 21.8 Å². The highest BCUT2D eigenvalue weighted by Crippen LogP contribution is 2.22. The van der Waals surface area contributed by atoms with E-state index in [2.05, 4.69) is 10.0 Å². The summed E-state index contributed by atoms with van der Waals surface area (Å²) in [5, 5.41) is 11.7. The van der Waals surface area contributed by atoms with Crippen LogP contribution in [0.15, 0.2) is 65.2 Å². The third-order valence-corrected chi connectivity index (χ3v) is 5.52. The molecule has 1 aliphatic heterocycles. The SMILES string of the molecule is COc1ccc(NS(=O)(=O)c2ccc(NC3=CC(=O)N(CCO)C3=O)cc2)cc1. The number of amides is 2. The van der Waals surface area contributed by atoms with Gasteiger partial charge in [-0.1, -0.05) is 0 Å². The normalized spacial score (nSPS) is 14.0. The van der Waals surface area contributed by atoms with Crippen LogP contribution < -0.4 is 14.8 Å². The molecule has 0 aromatic heterocycles. The molecule has 3 N–H and O–H groups in total. The van der Waals surface area contributed by atoms with Crippen molar-refractivity contribution in [2.24, 2.45) is 0 Å². The third-order valence-electron chi connectivity index (χ3n) is 4.12. The number of benzene rings is 2. The summed E-state index contributed by atoms with van der Waals surface area (Å²) in [6, 6.07) is 12.2. The Bertz CT molecular complexity index is 1050. The van der Waals surface area contributed by atoms with E-state index in [1.165, 1.54) is 31.4 Å². The number of methoxy groups -OCH3 is 1. The summed E-state index contributed by atoms with van der Waals surface area (Å²) in [5.74, 6) is -0.466. The molecule has 2 aromatic rings. The van der Waals surface area contributed by atoms with E-state index in [0.717, 1.165) is 11.0 Å². The molecule has 0 saturated carbocycles. The van der Waals surface area contributed by atoms with Crippen LogP contribution in [-0.4, -0.2) is 50.5 Å². The molecule has 0 unspecified atom stereocenters. The van der Waals surface area contributed by atoms with Crippen molar-refractivity contribution in [2.75, 3.05) is 30.3 Å². The molecule has 9 nitrogen and oxygen atoms in total. The molecule has 2 amide bonds. The highest BCUT2D eigenvalue weighted by molar-refractivity contribution is 7.92. The predicted molar refractivity (Wildman–Crippen MR) is 106 cm³/mol. The van der Waals surface area contributed by atoms with Gasteiger partial charge < -0.3 is 15.2 Å². The maximum Gasteiger partial charge on any atom is 0.277 e. The second kappa shape index (κ2) is 8.33. The highest BCUT2D eigenvalue weighted by Gasteiger charge is 2.30. The van der Waals surface area contributed by atoms with E-state index in [9.17, 15) is 18.0 Å². The number of β-amino-alcohol motifs (C(OH)–C–C–N with tert-alkyl or cyclic N) is 1. The smallest absolute Gasteiger partial charge is 0.277 e. The minimum Gasteiger partial charge on any atom is -0.497 e. The molecular formula is C19H19N3O6S. The molecule has 3 rings (SSSR count). The van der Waals surface area contributed by atoms with Crippen molar-refractivity contribution < 1.29 is 27.9 Å². The summed E-state index contributed by atoms with van der Waals surface area (Å²) in [7, 11) is -2.28. The van der Waals surface area contributed by atoms with Crippen molar-refractivity contribution in [1.82, 2.24) is 4.90 Å². The van der Waals surface area contributed by atoms with E-state index in [1.807, 2.05) is 0 Å². The quantitative estimate of drug-likeness (QED) is 0.550. The molecule has 0 atom stereocenters. The Hall–Kier alpha value is -3.37. The molecule has 0 aliphatic carbocycles. The van der Waals surface area contributed by atoms with E-state index in [-0.39, 0.29) is 23.7 Å². The van der Waals surface area contributed by atoms with Gasteiger partial charge >= 0.3 is 0 Å². The Morgan fingerprint density at radius 2 is 1.62 bits per heavy atom. The fourth-order valence-corrected chi connectivity index (χ4v) is 3.71. The maximum absolute atomic E-state index is 12.5. The Balaban J connectivity index is 1.70. The molecule has 1 aliphatic rings. The molecule has 0 saturated heterocycles. The first-order valence-corrected chi connectivity index (χ1v) is 10.0. The zero-order chi connectivity index (χ0) is 21.0. The fraction of sp³-hybridized carbons (Fsp3) is 0.158. The van der Waals surface area contributed by atoms with Gasteiger partial charge in [-0.25, -0.2) is 8.42 Å². The molecule has 0 radical (unpaired) electrons. The van der Waals surface area contributed by atoms with Crippen molar-refractivity contribution in [2.45, 2.75) is 4.90 Å². The standard InChI is InChI=1S/C19H19N3O6S/c1-28-15-6-2-14(3-7-15)21-29(26,27)16-8-4-13(5-9-16)20-17-12-18(24)22(10-11-23)19(17)25/h2-9,12,20-21,23H,10-11H2,1H3. The van der Waals surface area contributed by atoms with Gasteiger partial charge in [-0.05, 0) is 48.5 Å². The highest BCUT2D eigenvalue weighted by atomic mass is 32.2. The average molecular weight is 417 g/mol. The second-order valence-corrected chi connectivity index (χ2v) is 7.74. The number of ether oxygens (including phenoxy) is 1. The number of nitrogens with one attached hydrogen (secondary N) is 2. The summed E-state index contributed by atoms with van der Waals surface area (Å²) in [6.45, 7) is -0.417. The van der Waals surface area contributed by atoms with Crippen LogP contribution in [0.25, 0.3) is 0 Å². The van der Waals surface area contributed by atoms with Crippen molar-refractivity contribution in [3.63, 3.8) is 0 Å². The Labute approximate surface area is 167 Å². The average Bonchev–Trinajstić information content (AvgIpc) is 2.96. The first kappa shape index (κ1) is 20.4. The summed E-state index contributed by atoms with van der Waals surface area (Å²) < 4.78 is 32.5. The van der Waals surface area contributed by atoms with Gasteiger partial charge in [0.25, 0.3) is 21.8 Å². The number of carbonyl (C=O) groups is 2. The molecule has 0 spiro atoms. The van der Waals surface area contributed by atoms with Gasteiger partial charge in [0.05, 0.1) is 25.2 Å². The number of anilines is 2. The van der Waals surface area contributed by atoms with Gasteiger partial charge in [0.1, 0.15) is 11.4 Å². The number of aliphatic hydroxyl groups excluding tert-OH is 1. The van der Waals surface area contributed by atoms with Gasteiger partial charge in [-0.2, -0.15) is 0 Å². The van der Waals surface area contributed by atoms with E-state index >= 15 is 0 Å². The monoisotopic (exact) mass is 417 g/mol. The lowest BCUT2D eigenvalue weighted by Crippen LogP contribution is -2.34. The number of carbonyl (C=O) groups excluding carboxylic acids is 2.